The van der Waals surface area contributed by atoms with E-state index in [1.165, 1.54) is 0 Å². The maximum Gasteiger partial charge on any atom is 0.223 e. The highest BCUT2D eigenvalue weighted by atomic mass is 35.5. The molecule has 0 N–H and O–H groups in total. The van der Waals surface area contributed by atoms with Crippen LogP contribution in [0.2, 0.25) is 5.02 Å². The zero-order valence-corrected chi connectivity index (χ0v) is 9.73. The highest BCUT2D eigenvalue weighted by Gasteiger charge is 2.05. The van der Waals surface area contributed by atoms with Crippen molar-refractivity contribution in [3.63, 3.8) is 0 Å². The number of hydrogen-bond donors (Lipinski definition) is 0. The van der Waals surface area contributed by atoms with Crippen LogP contribution in [0.1, 0.15) is 17.3 Å². The molecule has 1 heterocycles. The summed E-state index contributed by atoms with van der Waals surface area (Å²) in [5.74, 6) is 1.50. The van der Waals surface area contributed by atoms with E-state index in [9.17, 15) is 0 Å². The number of aromatic nitrogens is 2. The maximum atomic E-state index is 8.71. The first-order chi connectivity index (χ1) is 8.19. The molecular weight excluding hydrogens is 242 g/mol. The fraction of sp³-hybridized carbons (Fsp3) is 0.182. The first kappa shape index (κ1) is 11.4. The first-order valence-electron chi connectivity index (χ1n) is 4.80. The third kappa shape index (κ3) is 2.74. The predicted molar refractivity (Wildman–Crippen MR) is 59.5 cm³/mol. The smallest absolute Gasteiger partial charge is 0.223 e. The average molecular weight is 250 g/mol. The highest BCUT2D eigenvalue weighted by Crippen LogP contribution is 2.22. The van der Waals surface area contributed by atoms with Crippen LogP contribution in [0.15, 0.2) is 22.7 Å². The summed E-state index contributed by atoms with van der Waals surface area (Å²) < 4.78 is 10.2. The Morgan fingerprint density at radius 1 is 1.53 bits per heavy atom. The lowest BCUT2D eigenvalue weighted by Gasteiger charge is -2.03. The van der Waals surface area contributed by atoms with E-state index in [-0.39, 0.29) is 6.61 Å². The number of hydrogen-bond acceptors (Lipinski definition) is 5. The van der Waals surface area contributed by atoms with Gasteiger partial charge in [0.15, 0.2) is 6.61 Å². The van der Waals surface area contributed by atoms with Gasteiger partial charge in [-0.05, 0) is 12.1 Å². The molecule has 2 aromatic rings. The standard InChI is InChI=1S/C11H8ClN3O2/c1-7-14-11(15-17-7)6-16-9-3-2-8(5-13)10(12)4-9/h2-4H,6H2,1H3. The molecule has 0 aliphatic carbocycles. The maximum absolute atomic E-state index is 8.71. The molecule has 17 heavy (non-hydrogen) atoms. The van der Waals surface area contributed by atoms with Gasteiger partial charge in [-0.25, -0.2) is 0 Å². The molecule has 0 unspecified atom stereocenters. The SMILES string of the molecule is Cc1nc(COc2ccc(C#N)c(Cl)c2)no1. The number of nitriles is 1. The van der Waals surface area contributed by atoms with Crippen LogP contribution in [0.5, 0.6) is 5.75 Å². The van der Waals surface area contributed by atoms with E-state index in [2.05, 4.69) is 10.1 Å². The zero-order valence-electron chi connectivity index (χ0n) is 8.98. The van der Waals surface area contributed by atoms with Crippen molar-refractivity contribution < 1.29 is 9.26 Å². The minimum absolute atomic E-state index is 0.194. The minimum atomic E-state index is 0.194. The summed E-state index contributed by atoms with van der Waals surface area (Å²) in [6.45, 7) is 1.90. The normalized spacial score (nSPS) is 9.94. The molecule has 0 bridgehead atoms. The molecule has 1 aromatic heterocycles. The quantitative estimate of drug-likeness (QED) is 0.836. The van der Waals surface area contributed by atoms with E-state index in [1.54, 1.807) is 25.1 Å². The monoisotopic (exact) mass is 249 g/mol. The molecule has 6 heteroatoms. The molecule has 86 valence electrons. The van der Waals surface area contributed by atoms with E-state index < -0.39 is 0 Å². The third-order valence-corrected chi connectivity index (χ3v) is 2.31. The van der Waals surface area contributed by atoms with Crippen molar-refractivity contribution in [3.05, 3.63) is 40.5 Å². The highest BCUT2D eigenvalue weighted by molar-refractivity contribution is 6.31. The summed E-state index contributed by atoms with van der Waals surface area (Å²) in [4.78, 5) is 3.99. The average Bonchev–Trinajstić information content (AvgIpc) is 2.73. The van der Waals surface area contributed by atoms with Crippen LogP contribution in [0.3, 0.4) is 0 Å². The van der Waals surface area contributed by atoms with Crippen LogP contribution < -0.4 is 4.74 Å². The van der Waals surface area contributed by atoms with Gasteiger partial charge in [-0.3, -0.25) is 0 Å². The van der Waals surface area contributed by atoms with E-state index in [1.807, 2.05) is 6.07 Å². The number of nitrogens with zero attached hydrogens (tertiary/aromatic N) is 3. The van der Waals surface area contributed by atoms with Crippen LogP contribution in [-0.4, -0.2) is 10.1 Å². The molecule has 0 aliphatic heterocycles. The number of aryl methyl sites for hydroxylation is 1. The molecule has 0 radical (unpaired) electrons. The topological polar surface area (TPSA) is 71.9 Å². The Morgan fingerprint density at radius 2 is 2.35 bits per heavy atom. The number of rotatable bonds is 3. The number of benzene rings is 1. The Labute approximate surface area is 103 Å². The van der Waals surface area contributed by atoms with Crippen molar-refractivity contribution in [1.82, 2.24) is 10.1 Å². The fourth-order valence-electron chi connectivity index (χ4n) is 1.22. The van der Waals surface area contributed by atoms with Crippen molar-refractivity contribution in [1.29, 1.82) is 5.26 Å². The van der Waals surface area contributed by atoms with Gasteiger partial charge in [-0.1, -0.05) is 16.8 Å². The van der Waals surface area contributed by atoms with Gasteiger partial charge in [-0.15, -0.1) is 0 Å². The molecule has 0 atom stereocenters. The van der Waals surface area contributed by atoms with Gasteiger partial charge in [-0.2, -0.15) is 10.2 Å². The Balaban J connectivity index is 2.05. The molecule has 0 aliphatic rings. The fourth-order valence-corrected chi connectivity index (χ4v) is 1.44. The van der Waals surface area contributed by atoms with Crippen molar-refractivity contribution in [2.75, 3.05) is 0 Å². The van der Waals surface area contributed by atoms with Crippen LogP contribution in [-0.2, 0) is 6.61 Å². The molecule has 0 spiro atoms. The second-order valence-electron chi connectivity index (χ2n) is 3.27. The van der Waals surface area contributed by atoms with Crippen LogP contribution in [0, 0.1) is 18.3 Å². The summed E-state index contributed by atoms with van der Waals surface area (Å²) in [6.07, 6.45) is 0. The first-order valence-corrected chi connectivity index (χ1v) is 5.18. The van der Waals surface area contributed by atoms with Gasteiger partial charge in [0.2, 0.25) is 11.7 Å². The van der Waals surface area contributed by atoms with Crippen LogP contribution >= 0.6 is 11.6 Å². The summed E-state index contributed by atoms with van der Waals surface area (Å²) in [6, 6.07) is 6.81. The second-order valence-corrected chi connectivity index (χ2v) is 3.68. The Hall–Kier alpha value is -2.06. The summed E-state index contributed by atoms with van der Waals surface area (Å²) in [5, 5.41) is 12.8. The van der Waals surface area contributed by atoms with Gasteiger partial charge in [0.25, 0.3) is 0 Å². The van der Waals surface area contributed by atoms with Gasteiger partial charge in [0, 0.05) is 13.0 Å². The lowest BCUT2D eigenvalue weighted by atomic mass is 10.2. The van der Waals surface area contributed by atoms with Crippen LogP contribution in [0.4, 0.5) is 0 Å². The van der Waals surface area contributed by atoms with Gasteiger partial charge in [0.05, 0.1) is 10.6 Å². The predicted octanol–water partition coefficient (Wildman–Crippen LogP) is 2.48. The minimum Gasteiger partial charge on any atom is -0.485 e. The molecule has 2 rings (SSSR count). The third-order valence-electron chi connectivity index (χ3n) is 2.00. The van der Waals surface area contributed by atoms with Gasteiger partial charge in [0.1, 0.15) is 11.8 Å². The Kier molecular flexibility index (Phi) is 3.26. The number of halogens is 1. The molecule has 5 nitrogen and oxygen atoms in total. The van der Waals surface area contributed by atoms with Crippen molar-refractivity contribution in [2.45, 2.75) is 13.5 Å². The lowest BCUT2D eigenvalue weighted by Crippen LogP contribution is -1.97. The molecule has 0 amide bonds. The molecule has 1 aromatic carbocycles. The summed E-state index contributed by atoms with van der Waals surface area (Å²) in [7, 11) is 0. The molecule has 0 saturated carbocycles. The van der Waals surface area contributed by atoms with E-state index in [4.69, 9.17) is 26.1 Å². The molecule has 0 fully saturated rings. The van der Waals surface area contributed by atoms with E-state index in [0.29, 0.717) is 28.1 Å². The lowest BCUT2D eigenvalue weighted by molar-refractivity contribution is 0.285. The summed E-state index contributed by atoms with van der Waals surface area (Å²) >= 11 is 5.86. The van der Waals surface area contributed by atoms with Crippen LogP contribution in [0.25, 0.3) is 0 Å². The van der Waals surface area contributed by atoms with E-state index >= 15 is 0 Å². The number of ether oxygens (including phenoxy) is 1. The summed E-state index contributed by atoms with van der Waals surface area (Å²) in [5.41, 5.74) is 0.412. The Bertz CT molecular complexity index is 574. The van der Waals surface area contributed by atoms with E-state index in [0.717, 1.165) is 0 Å². The van der Waals surface area contributed by atoms with Gasteiger partial charge >= 0.3 is 0 Å². The molecular formula is C11H8ClN3O2. The van der Waals surface area contributed by atoms with Crippen molar-refractivity contribution in [2.24, 2.45) is 0 Å². The molecule has 0 saturated heterocycles. The Morgan fingerprint density at radius 3 is 2.94 bits per heavy atom. The second kappa shape index (κ2) is 4.85. The van der Waals surface area contributed by atoms with Gasteiger partial charge < -0.3 is 9.26 Å². The van der Waals surface area contributed by atoms with Crippen molar-refractivity contribution >= 4 is 11.6 Å². The zero-order chi connectivity index (χ0) is 12.3. The largest absolute Gasteiger partial charge is 0.485 e. The van der Waals surface area contributed by atoms with Crippen molar-refractivity contribution in [3.8, 4) is 11.8 Å².